The van der Waals surface area contributed by atoms with Gasteiger partial charge in [-0.15, -0.1) is 0 Å². The number of nitrogens with zero attached hydrogens (tertiary/aromatic N) is 1. The molecule has 3 atom stereocenters. The lowest BCUT2D eigenvalue weighted by Crippen LogP contribution is -2.47. The van der Waals surface area contributed by atoms with Gasteiger partial charge in [-0.05, 0) is 62.3 Å². The van der Waals surface area contributed by atoms with E-state index in [-0.39, 0.29) is 17.6 Å². The van der Waals surface area contributed by atoms with E-state index in [1.807, 2.05) is 38.4 Å². The van der Waals surface area contributed by atoms with Crippen LogP contribution >= 0.6 is 0 Å². The average Bonchev–Trinajstić information content (AvgIpc) is 2.69. The van der Waals surface area contributed by atoms with Crippen LogP contribution in [0, 0.1) is 11.7 Å². The molecule has 0 heterocycles. The maximum Gasteiger partial charge on any atom is 0.165 e. The van der Waals surface area contributed by atoms with Crippen molar-refractivity contribution in [2.24, 2.45) is 5.92 Å². The van der Waals surface area contributed by atoms with Crippen LogP contribution in [0.5, 0.6) is 11.5 Å². The van der Waals surface area contributed by atoms with Crippen molar-refractivity contribution >= 4 is 0 Å². The zero-order chi connectivity index (χ0) is 20.3. The minimum absolute atomic E-state index is 0.0137. The van der Waals surface area contributed by atoms with Gasteiger partial charge in [-0.3, -0.25) is 0 Å². The number of hydrogen-bond acceptors (Lipinski definition) is 4. The number of halogens is 1. The number of benzene rings is 2. The summed E-state index contributed by atoms with van der Waals surface area (Å²) in [5.74, 6) is 0.335. The normalized spacial score (nSPS) is 25.0. The van der Waals surface area contributed by atoms with Crippen molar-refractivity contribution in [3.63, 3.8) is 0 Å². The fraction of sp³-hybridized carbons (Fsp3) is 0.478. The highest BCUT2D eigenvalue weighted by atomic mass is 19.1. The van der Waals surface area contributed by atoms with Crippen molar-refractivity contribution in [3.05, 3.63) is 59.4 Å². The molecule has 0 aliphatic heterocycles. The summed E-state index contributed by atoms with van der Waals surface area (Å²) < 4.78 is 25.0. The van der Waals surface area contributed by atoms with Crippen LogP contribution < -0.4 is 9.47 Å². The zero-order valence-corrected chi connectivity index (χ0v) is 17.1. The molecule has 1 N–H and O–H groups in total. The molecule has 2 aromatic carbocycles. The second-order valence-corrected chi connectivity index (χ2v) is 7.89. The first kappa shape index (κ1) is 20.6. The van der Waals surface area contributed by atoms with E-state index in [0.29, 0.717) is 5.56 Å². The van der Waals surface area contributed by atoms with Crippen LogP contribution in [0.2, 0.25) is 0 Å². The van der Waals surface area contributed by atoms with E-state index in [1.165, 1.54) is 13.2 Å². The molecule has 1 aliphatic carbocycles. The van der Waals surface area contributed by atoms with E-state index < -0.39 is 11.4 Å². The van der Waals surface area contributed by atoms with Crippen LogP contribution in [0.3, 0.4) is 0 Å². The third kappa shape index (κ3) is 3.87. The van der Waals surface area contributed by atoms with E-state index in [2.05, 4.69) is 4.90 Å². The van der Waals surface area contributed by atoms with E-state index in [1.54, 1.807) is 19.2 Å². The molecule has 2 aromatic rings. The summed E-state index contributed by atoms with van der Waals surface area (Å²) in [5.41, 5.74) is 0.439. The Balaban J connectivity index is 2.12. The monoisotopic (exact) mass is 387 g/mol. The third-order valence-corrected chi connectivity index (χ3v) is 5.89. The Morgan fingerprint density at radius 2 is 1.89 bits per heavy atom. The Morgan fingerprint density at radius 1 is 1.11 bits per heavy atom. The minimum Gasteiger partial charge on any atom is -0.497 e. The predicted molar refractivity (Wildman–Crippen MR) is 108 cm³/mol. The first-order valence-corrected chi connectivity index (χ1v) is 9.75. The van der Waals surface area contributed by atoms with E-state index >= 15 is 0 Å². The number of methoxy groups -OCH3 is 2. The van der Waals surface area contributed by atoms with Gasteiger partial charge in [-0.2, -0.15) is 0 Å². The Bertz CT molecular complexity index is 810. The van der Waals surface area contributed by atoms with Crippen LogP contribution in [0.1, 0.15) is 36.3 Å². The molecular formula is C23H30FNO3. The summed E-state index contributed by atoms with van der Waals surface area (Å²) >= 11 is 0. The third-order valence-electron chi connectivity index (χ3n) is 5.89. The Morgan fingerprint density at radius 3 is 2.54 bits per heavy atom. The molecule has 0 aromatic heterocycles. The number of hydrogen-bond donors (Lipinski definition) is 1. The standard InChI is InChI=1S/C23H30FNO3/c1-25(2)15-18-8-6-10-20(16-7-5-9-19(13-16)27-3)23(18,26)17-11-12-22(28-4)21(24)14-17/h5,7,9,11-14,18,20,26H,6,8,10,15H2,1-4H3. The van der Waals surface area contributed by atoms with Crippen molar-refractivity contribution in [3.8, 4) is 11.5 Å². The van der Waals surface area contributed by atoms with Gasteiger partial charge in [0.15, 0.2) is 11.6 Å². The molecular weight excluding hydrogens is 357 g/mol. The highest BCUT2D eigenvalue weighted by Crippen LogP contribution is 2.51. The molecule has 1 fully saturated rings. The summed E-state index contributed by atoms with van der Waals surface area (Å²) in [6, 6.07) is 12.7. The van der Waals surface area contributed by atoms with Gasteiger partial charge in [0, 0.05) is 18.4 Å². The van der Waals surface area contributed by atoms with Crippen LogP contribution in [-0.4, -0.2) is 44.9 Å². The van der Waals surface area contributed by atoms with Crippen molar-refractivity contribution in [2.75, 3.05) is 34.9 Å². The van der Waals surface area contributed by atoms with Gasteiger partial charge in [0.25, 0.3) is 0 Å². The Kier molecular flexibility index (Phi) is 6.26. The summed E-state index contributed by atoms with van der Waals surface area (Å²) in [7, 11) is 7.09. The van der Waals surface area contributed by atoms with Gasteiger partial charge in [-0.1, -0.05) is 24.6 Å². The molecule has 3 rings (SSSR count). The molecule has 0 spiro atoms. The summed E-state index contributed by atoms with van der Waals surface area (Å²) in [4.78, 5) is 2.09. The molecule has 0 saturated heterocycles. The first-order chi connectivity index (χ1) is 13.4. The lowest BCUT2D eigenvalue weighted by Gasteiger charge is -2.47. The highest BCUT2D eigenvalue weighted by molar-refractivity contribution is 5.39. The molecule has 0 radical (unpaired) electrons. The number of ether oxygens (including phenoxy) is 2. The molecule has 4 nitrogen and oxygen atoms in total. The smallest absolute Gasteiger partial charge is 0.165 e. The van der Waals surface area contributed by atoms with E-state index in [4.69, 9.17) is 9.47 Å². The SMILES string of the molecule is COc1cccc(C2CCCC(CN(C)C)C2(O)c2ccc(OC)c(F)c2)c1. The second-order valence-electron chi connectivity index (χ2n) is 7.89. The van der Waals surface area contributed by atoms with Gasteiger partial charge in [0.05, 0.1) is 14.2 Å². The van der Waals surface area contributed by atoms with Crippen molar-refractivity contribution in [2.45, 2.75) is 30.8 Å². The molecule has 3 unspecified atom stereocenters. The largest absolute Gasteiger partial charge is 0.497 e. The molecule has 28 heavy (non-hydrogen) atoms. The Hall–Kier alpha value is -2.11. The molecule has 0 bridgehead atoms. The molecule has 1 aliphatic rings. The predicted octanol–water partition coefficient (Wildman–Crippen LogP) is 4.18. The van der Waals surface area contributed by atoms with Gasteiger partial charge in [0.1, 0.15) is 11.4 Å². The minimum atomic E-state index is -1.18. The van der Waals surface area contributed by atoms with Crippen LogP contribution in [0.25, 0.3) is 0 Å². The van der Waals surface area contributed by atoms with Gasteiger partial charge in [-0.25, -0.2) is 4.39 Å². The number of aliphatic hydroxyl groups is 1. The second kappa shape index (κ2) is 8.50. The van der Waals surface area contributed by atoms with Gasteiger partial charge < -0.3 is 19.5 Å². The van der Waals surface area contributed by atoms with E-state index in [0.717, 1.165) is 37.1 Å². The maximum atomic E-state index is 14.5. The van der Waals surface area contributed by atoms with Crippen LogP contribution in [0.4, 0.5) is 4.39 Å². The summed E-state index contributed by atoms with van der Waals surface area (Å²) in [6.45, 7) is 0.727. The quantitative estimate of drug-likeness (QED) is 0.808. The summed E-state index contributed by atoms with van der Waals surface area (Å²) in [5, 5.41) is 12.1. The Labute approximate surface area is 166 Å². The lowest BCUT2D eigenvalue weighted by molar-refractivity contribution is -0.0805. The fourth-order valence-corrected chi connectivity index (χ4v) is 4.60. The lowest BCUT2D eigenvalue weighted by atomic mass is 9.63. The summed E-state index contributed by atoms with van der Waals surface area (Å²) in [6.07, 6.45) is 2.74. The number of rotatable bonds is 6. The topological polar surface area (TPSA) is 41.9 Å². The molecule has 1 saturated carbocycles. The zero-order valence-electron chi connectivity index (χ0n) is 17.1. The van der Waals surface area contributed by atoms with Crippen LogP contribution in [-0.2, 0) is 5.60 Å². The highest BCUT2D eigenvalue weighted by Gasteiger charge is 2.48. The van der Waals surface area contributed by atoms with E-state index in [9.17, 15) is 9.50 Å². The average molecular weight is 387 g/mol. The van der Waals surface area contributed by atoms with Crippen molar-refractivity contribution in [1.82, 2.24) is 4.90 Å². The van der Waals surface area contributed by atoms with Gasteiger partial charge >= 0.3 is 0 Å². The molecule has 0 amide bonds. The van der Waals surface area contributed by atoms with Gasteiger partial charge in [0.2, 0.25) is 0 Å². The first-order valence-electron chi connectivity index (χ1n) is 9.75. The fourth-order valence-electron chi connectivity index (χ4n) is 4.60. The maximum absolute atomic E-state index is 14.5. The molecule has 5 heteroatoms. The van der Waals surface area contributed by atoms with Crippen LogP contribution in [0.15, 0.2) is 42.5 Å². The van der Waals surface area contributed by atoms with Crippen molar-refractivity contribution < 1.29 is 19.0 Å². The van der Waals surface area contributed by atoms with Crippen molar-refractivity contribution in [1.29, 1.82) is 0 Å². The molecule has 152 valence electrons.